The fraction of sp³-hybridized carbons (Fsp3) is 0.833. The standard InChI is InChI=1S/C6H9O2.3C4H9.Sn/c1-4-8-6(7)5(2)3;3*1-3-4-2;/h2-4H2,1H3;3*1,3-4H2,2H3;. The number of ether oxygens (including phenoxy) is 1. The number of unbranched alkanes of at least 4 members (excludes halogenated alkanes) is 3. The first kappa shape index (κ1) is 21.0. The zero-order valence-corrected chi connectivity index (χ0v) is 17.7. The number of hydrogen-bond acceptors (Lipinski definition) is 2. The predicted molar refractivity (Wildman–Crippen MR) is 95.5 cm³/mol. The van der Waals surface area contributed by atoms with Gasteiger partial charge in [-0.3, -0.25) is 0 Å². The minimum atomic E-state index is -2.27. The third kappa shape index (κ3) is 8.90. The van der Waals surface area contributed by atoms with Crippen molar-refractivity contribution in [2.24, 2.45) is 0 Å². The molecular formula is C18H36O2Sn. The van der Waals surface area contributed by atoms with Gasteiger partial charge in [-0.2, -0.15) is 0 Å². The van der Waals surface area contributed by atoms with Crippen LogP contribution in [0.5, 0.6) is 0 Å². The number of carbonyl (C=O) groups excluding carboxylic acids is 1. The molecular weight excluding hydrogens is 367 g/mol. The van der Waals surface area contributed by atoms with Crippen LogP contribution >= 0.6 is 0 Å². The van der Waals surface area contributed by atoms with Gasteiger partial charge in [0.25, 0.3) is 0 Å². The molecule has 0 atom stereocenters. The van der Waals surface area contributed by atoms with Gasteiger partial charge in [-0.05, 0) is 0 Å². The van der Waals surface area contributed by atoms with Crippen molar-refractivity contribution in [3.8, 4) is 0 Å². The summed E-state index contributed by atoms with van der Waals surface area (Å²) in [6.07, 6.45) is 7.80. The van der Waals surface area contributed by atoms with Gasteiger partial charge < -0.3 is 0 Å². The second-order valence-electron chi connectivity index (χ2n) is 6.31. The van der Waals surface area contributed by atoms with Gasteiger partial charge in [0.05, 0.1) is 0 Å². The van der Waals surface area contributed by atoms with Gasteiger partial charge in [0.1, 0.15) is 0 Å². The third-order valence-electron chi connectivity index (χ3n) is 4.33. The molecule has 0 aromatic heterocycles. The Hall–Kier alpha value is 0.00870. The summed E-state index contributed by atoms with van der Waals surface area (Å²) in [5.74, 6) is -0.150. The van der Waals surface area contributed by atoms with Crippen LogP contribution in [0.3, 0.4) is 0 Å². The molecule has 0 aliphatic rings. The van der Waals surface area contributed by atoms with Gasteiger partial charge in [-0.25, -0.2) is 0 Å². The minimum absolute atomic E-state index is 0.150. The van der Waals surface area contributed by atoms with Crippen molar-refractivity contribution in [2.75, 3.05) is 6.61 Å². The van der Waals surface area contributed by atoms with E-state index in [1.54, 1.807) is 0 Å². The molecule has 0 aromatic carbocycles. The Morgan fingerprint density at radius 3 is 1.67 bits per heavy atom. The maximum atomic E-state index is 12.0. The summed E-state index contributed by atoms with van der Waals surface area (Å²) < 4.78 is 10.4. The topological polar surface area (TPSA) is 26.3 Å². The molecule has 0 saturated heterocycles. The number of esters is 1. The molecule has 124 valence electrons. The van der Waals surface area contributed by atoms with Crippen LogP contribution in [0.1, 0.15) is 66.2 Å². The van der Waals surface area contributed by atoms with Gasteiger partial charge in [0.15, 0.2) is 0 Å². The molecule has 0 aromatic rings. The van der Waals surface area contributed by atoms with E-state index in [9.17, 15) is 4.79 Å². The van der Waals surface area contributed by atoms with Crippen LogP contribution < -0.4 is 0 Å². The van der Waals surface area contributed by atoms with Crippen LogP contribution in [-0.2, 0) is 9.53 Å². The van der Waals surface area contributed by atoms with Crippen molar-refractivity contribution < 1.29 is 9.53 Å². The first-order chi connectivity index (χ1) is 10.0. The van der Waals surface area contributed by atoms with Gasteiger partial charge in [0, 0.05) is 0 Å². The molecule has 2 nitrogen and oxygen atoms in total. The summed E-state index contributed by atoms with van der Waals surface area (Å²) in [4.78, 5) is 12.0. The Morgan fingerprint density at radius 2 is 1.33 bits per heavy atom. The monoisotopic (exact) mass is 404 g/mol. The number of rotatable bonds is 13. The van der Waals surface area contributed by atoms with Gasteiger partial charge >= 0.3 is 137 Å². The van der Waals surface area contributed by atoms with Crippen molar-refractivity contribution in [3.63, 3.8) is 0 Å². The Morgan fingerprint density at radius 1 is 0.905 bits per heavy atom. The Bertz CT molecular complexity index is 278. The summed E-state index contributed by atoms with van der Waals surface area (Å²) in [6.45, 7) is 13.2. The third-order valence-corrected chi connectivity index (χ3v) is 19.8. The molecule has 0 heterocycles. The van der Waals surface area contributed by atoms with E-state index in [2.05, 4.69) is 27.4 Å². The Balaban J connectivity index is 4.92. The van der Waals surface area contributed by atoms with E-state index < -0.39 is 18.4 Å². The van der Waals surface area contributed by atoms with Crippen molar-refractivity contribution in [1.29, 1.82) is 0 Å². The number of carbonyl (C=O) groups is 1. The molecule has 3 heteroatoms. The van der Waals surface area contributed by atoms with Crippen molar-refractivity contribution in [3.05, 3.63) is 12.2 Å². The fourth-order valence-corrected chi connectivity index (χ4v) is 19.2. The SMILES string of the molecule is C=C([CH2][Sn]([CH2]CCC)([CH2]CCC)[CH2]CCC)C(=O)OCC. The van der Waals surface area contributed by atoms with Crippen LogP contribution in [0.4, 0.5) is 0 Å². The molecule has 0 rings (SSSR count). The summed E-state index contributed by atoms with van der Waals surface area (Å²) in [6, 6.07) is 0. The van der Waals surface area contributed by atoms with Crippen LogP contribution in [0.2, 0.25) is 17.7 Å². The molecule has 0 saturated carbocycles. The normalized spacial score (nSPS) is 11.4. The van der Waals surface area contributed by atoms with Crippen molar-refractivity contribution >= 4 is 24.3 Å². The molecule has 0 N–H and O–H groups in total. The van der Waals surface area contributed by atoms with E-state index >= 15 is 0 Å². The van der Waals surface area contributed by atoms with E-state index in [4.69, 9.17) is 4.74 Å². The van der Waals surface area contributed by atoms with Crippen LogP contribution in [0.15, 0.2) is 12.2 Å². The quantitative estimate of drug-likeness (QED) is 0.216. The van der Waals surface area contributed by atoms with Crippen LogP contribution in [-0.4, -0.2) is 31.0 Å². The van der Waals surface area contributed by atoms with Gasteiger partial charge in [0.2, 0.25) is 0 Å². The van der Waals surface area contributed by atoms with Crippen molar-refractivity contribution in [1.82, 2.24) is 0 Å². The van der Waals surface area contributed by atoms with E-state index in [1.165, 1.54) is 51.8 Å². The zero-order chi connectivity index (χ0) is 16.1. The number of hydrogen-bond donors (Lipinski definition) is 0. The zero-order valence-electron chi connectivity index (χ0n) is 14.8. The van der Waals surface area contributed by atoms with Crippen molar-refractivity contribution in [2.45, 2.75) is 84.0 Å². The first-order valence-corrected chi connectivity index (χ1v) is 17.0. The van der Waals surface area contributed by atoms with Gasteiger partial charge in [-0.15, -0.1) is 0 Å². The first-order valence-electron chi connectivity index (χ1n) is 8.90. The Labute approximate surface area is 136 Å². The predicted octanol–water partition coefficient (Wildman–Crippen LogP) is 5.95. The van der Waals surface area contributed by atoms with Gasteiger partial charge in [-0.1, -0.05) is 0 Å². The molecule has 0 aliphatic heterocycles. The van der Waals surface area contributed by atoms with Crippen LogP contribution in [0.25, 0.3) is 0 Å². The van der Waals surface area contributed by atoms with E-state index in [1.807, 2.05) is 6.92 Å². The fourth-order valence-electron chi connectivity index (χ4n) is 3.05. The van der Waals surface area contributed by atoms with E-state index in [0.29, 0.717) is 6.61 Å². The molecule has 0 aliphatic carbocycles. The second kappa shape index (κ2) is 12.5. The average molecular weight is 403 g/mol. The summed E-state index contributed by atoms with van der Waals surface area (Å²) >= 11 is -2.27. The molecule has 21 heavy (non-hydrogen) atoms. The average Bonchev–Trinajstić information content (AvgIpc) is 2.48. The molecule has 0 radical (unpaired) electrons. The summed E-state index contributed by atoms with van der Waals surface area (Å²) in [5, 5.41) is 0. The molecule has 0 bridgehead atoms. The molecule has 0 fully saturated rings. The van der Waals surface area contributed by atoms with E-state index in [-0.39, 0.29) is 5.97 Å². The summed E-state index contributed by atoms with van der Waals surface area (Å²) in [7, 11) is 0. The van der Waals surface area contributed by atoms with E-state index in [0.717, 1.165) is 10.0 Å². The molecule has 0 unspecified atom stereocenters. The maximum absolute atomic E-state index is 12.0. The molecule has 0 spiro atoms. The van der Waals surface area contributed by atoms with Crippen LogP contribution in [0, 0.1) is 0 Å². The summed E-state index contributed by atoms with van der Waals surface area (Å²) in [5.41, 5.74) is 0.760. The molecule has 0 amide bonds. The second-order valence-corrected chi connectivity index (χ2v) is 20.2. The Kier molecular flexibility index (Phi) is 12.5.